The molecule has 1 aromatic rings. The molecule has 0 saturated heterocycles. The molecule has 0 aromatic heterocycles. The molecule has 0 heterocycles. The van der Waals surface area contributed by atoms with Crippen LogP contribution >= 0.6 is 0 Å². The van der Waals surface area contributed by atoms with E-state index in [0.717, 1.165) is 23.8 Å². The summed E-state index contributed by atoms with van der Waals surface area (Å²) < 4.78 is 27.8. The maximum absolute atomic E-state index is 11.1. The summed E-state index contributed by atoms with van der Waals surface area (Å²) >= 11 is 0. The van der Waals surface area contributed by atoms with Crippen molar-refractivity contribution in [2.75, 3.05) is 33.5 Å². The number of hydrogen-bond acceptors (Lipinski definition) is 6. The highest BCUT2D eigenvalue weighted by Gasteiger charge is 2.39. The molecule has 0 aliphatic heterocycles. The summed E-state index contributed by atoms with van der Waals surface area (Å²) in [5, 5.41) is 0. The van der Waals surface area contributed by atoms with Crippen LogP contribution in [0, 0.1) is 0 Å². The number of ether oxygens (including phenoxy) is 2. The lowest BCUT2D eigenvalue weighted by Gasteiger charge is -2.28. The summed E-state index contributed by atoms with van der Waals surface area (Å²) in [7, 11) is -1.25. The molecule has 0 N–H and O–H groups in total. The average molecular weight is 383 g/mol. The van der Waals surface area contributed by atoms with Gasteiger partial charge in [0, 0.05) is 31.9 Å². The Bertz CT molecular complexity index is 526. The molecule has 26 heavy (non-hydrogen) atoms. The van der Waals surface area contributed by atoms with Crippen molar-refractivity contribution in [3.05, 3.63) is 35.9 Å². The van der Waals surface area contributed by atoms with E-state index in [4.69, 9.17) is 18.0 Å². The Kier molecular flexibility index (Phi) is 10.9. The van der Waals surface area contributed by atoms with Gasteiger partial charge in [0.05, 0.1) is 13.7 Å². The lowest BCUT2D eigenvalue weighted by molar-refractivity contribution is -0.134. The fourth-order valence-electron chi connectivity index (χ4n) is 2.39. The third-order valence-corrected chi connectivity index (χ3v) is 6.63. The van der Waals surface area contributed by atoms with Crippen LogP contribution in [-0.2, 0) is 22.8 Å². The van der Waals surface area contributed by atoms with E-state index in [1.165, 1.54) is 13.2 Å². The van der Waals surface area contributed by atoms with Crippen LogP contribution < -0.4 is 4.74 Å². The maximum Gasteiger partial charge on any atom is 0.501 e. The summed E-state index contributed by atoms with van der Waals surface area (Å²) in [6.45, 7) is 8.14. The van der Waals surface area contributed by atoms with Gasteiger partial charge in [-0.25, -0.2) is 4.79 Å². The van der Waals surface area contributed by atoms with E-state index in [1.54, 1.807) is 6.08 Å². The molecule has 146 valence electrons. The Balaban J connectivity index is 2.48. The minimum absolute atomic E-state index is 0.379. The molecule has 0 spiro atoms. The van der Waals surface area contributed by atoms with Crippen molar-refractivity contribution in [3.63, 3.8) is 0 Å². The predicted molar refractivity (Wildman–Crippen MR) is 103 cm³/mol. The van der Waals surface area contributed by atoms with Gasteiger partial charge in [-0.2, -0.15) is 0 Å². The second-order valence-corrected chi connectivity index (χ2v) is 8.09. The van der Waals surface area contributed by atoms with Gasteiger partial charge in [-0.1, -0.05) is 12.1 Å². The molecule has 0 saturated carbocycles. The van der Waals surface area contributed by atoms with Crippen molar-refractivity contribution in [3.8, 4) is 5.75 Å². The van der Waals surface area contributed by atoms with Crippen LogP contribution in [0.15, 0.2) is 30.3 Å². The molecule has 0 unspecified atom stereocenters. The van der Waals surface area contributed by atoms with Gasteiger partial charge < -0.3 is 22.8 Å². The quantitative estimate of drug-likeness (QED) is 0.224. The molecule has 1 aromatic carbocycles. The second-order valence-electron chi connectivity index (χ2n) is 5.36. The van der Waals surface area contributed by atoms with Crippen LogP contribution in [0.5, 0.6) is 5.75 Å². The van der Waals surface area contributed by atoms with E-state index in [-0.39, 0.29) is 5.97 Å². The minimum Gasteiger partial charge on any atom is -0.494 e. The van der Waals surface area contributed by atoms with Crippen LogP contribution in [-0.4, -0.2) is 48.3 Å². The van der Waals surface area contributed by atoms with E-state index in [0.29, 0.717) is 26.4 Å². The smallest absolute Gasteiger partial charge is 0.494 e. The minimum atomic E-state index is -2.60. The fourth-order valence-corrected chi connectivity index (χ4v) is 4.97. The highest BCUT2D eigenvalue weighted by atomic mass is 28.4. The number of carbonyl (C=O) groups excluding carboxylic acids is 1. The van der Waals surface area contributed by atoms with Gasteiger partial charge in [0.1, 0.15) is 5.75 Å². The van der Waals surface area contributed by atoms with E-state index >= 15 is 0 Å². The number of rotatable bonds is 13. The largest absolute Gasteiger partial charge is 0.501 e. The van der Waals surface area contributed by atoms with Gasteiger partial charge in [-0.3, -0.25) is 0 Å². The summed E-state index contributed by atoms with van der Waals surface area (Å²) in [6, 6.07) is 8.23. The topological polar surface area (TPSA) is 63.2 Å². The number of methoxy groups -OCH3 is 1. The molecular formula is C19H30O6Si. The van der Waals surface area contributed by atoms with E-state index in [9.17, 15) is 4.79 Å². The Labute approximate surface area is 157 Å². The van der Waals surface area contributed by atoms with Crippen LogP contribution in [0.2, 0.25) is 6.04 Å². The molecule has 0 fully saturated rings. The monoisotopic (exact) mass is 382 g/mol. The highest BCUT2D eigenvalue weighted by Crippen LogP contribution is 2.19. The summed E-state index contributed by atoms with van der Waals surface area (Å²) in [5.41, 5.74) is 0.901. The first-order chi connectivity index (χ1) is 12.6. The van der Waals surface area contributed by atoms with Gasteiger partial charge in [-0.05, 0) is 51.0 Å². The van der Waals surface area contributed by atoms with Crippen LogP contribution in [0.3, 0.4) is 0 Å². The third-order valence-electron chi connectivity index (χ3n) is 3.48. The first kappa shape index (κ1) is 22.4. The van der Waals surface area contributed by atoms with Gasteiger partial charge in [0.25, 0.3) is 0 Å². The lowest BCUT2D eigenvalue weighted by Crippen LogP contribution is -2.46. The van der Waals surface area contributed by atoms with Crippen molar-refractivity contribution in [2.24, 2.45) is 0 Å². The van der Waals surface area contributed by atoms with E-state index in [1.807, 2.05) is 45.0 Å². The number of carbonyl (C=O) groups is 1. The highest BCUT2D eigenvalue weighted by molar-refractivity contribution is 6.60. The van der Waals surface area contributed by atoms with Crippen molar-refractivity contribution in [1.29, 1.82) is 0 Å². The number of esters is 1. The SMILES string of the molecule is CCO[Si](CCCOc1ccc(/C=C/C(=O)OC)cc1)(OCC)OCC. The van der Waals surface area contributed by atoms with Crippen LogP contribution in [0.4, 0.5) is 0 Å². The summed E-state index contributed by atoms with van der Waals surface area (Å²) in [5.74, 6) is 0.396. The van der Waals surface area contributed by atoms with Crippen molar-refractivity contribution in [1.82, 2.24) is 0 Å². The Morgan fingerprint density at radius 3 is 2.08 bits per heavy atom. The Hall–Kier alpha value is -1.67. The van der Waals surface area contributed by atoms with Crippen LogP contribution in [0.1, 0.15) is 32.8 Å². The summed E-state index contributed by atoms with van der Waals surface area (Å²) in [4.78, 5) is 11.1. The molecule has 7 heteroatoms. The first-order valence-corrected chi connectivity index (χ1v) is 10.9. The zero-order valence-corrected chi connectivity index (χ0v) is 17.2. The number of hydrogen-bond donors (Lipinski definition) is 0. The molecule has 0 bridgehead atoms. The standard InChI is InChI=1S/C19H30O6Si/c1-5-23-26(24-6-2,25-7-3)16-8-15-22-18-12-9-17(10-13-18)11-14-19(20)21-4/h9-14H,5-8,15-16H2,1-4H3/b14-11+. The van der Waals surface area contributed by atoms with Crippen molar-refractivity contribution in [2.45, 2.75) is 33.2 Å². The van der Waals surface area contributed by atoms with Crippen molar-refractivity contribution < 1.29 is 27.5 Å². The third kappa shape index (κ3) is 8.14. The molecule has 0 aliphatic carbocycles. The zero-order valence-electron chi connectivity index (χ0n) is 16.2. The lowest BCUT2D eigenvalue weighted by atomic mass is 10.2. The van der Waals surface area contributed by atoms with Crippen LogP contribution in [0.25, 0.3) is 6.08 Å². The summed E-state index contributed by atoms with van der Waals surface area (Å²) in [6.07, 6.45) is 3.87. The van der Waals surface area contributed by atoms with Gasteiger partial charge in [0.2, 0.25) is 0 Å². The zero-order chi connectivity index (χ0) is 19.3. The number of benzene rings is 1. The molecular weight excluding hydrogens is 352 g/mol. The average Bonchev–Trinajstić information content (AvgIpc) is 2.65. The van der Waals surface area contributed by atoms with Gasteiger partial charge >= 0.3 is 14.8 Å². The molecule has 0 aliphatic rings. The van der Waals surface area contributed by atoms with E-state index < -0.39 is 8.80 Å². The van der Waals surface area contributed by atoms with E-state index in [2.05, 4.69) is 4.74 Å². The normalized spacial score (nSPS) is 11.7. The molecule has 0 atom stereocenters. The van der Waals surface area contributed by atoms with Gasteiger partial charge in [-0.15, -0.1) is 0 Å². The maximum atomic E-state index is 11.1. The second kappa shape index (κ2) is 12.6. The molecule has 0 amide bonds. The predicted octanol–water partition coefficient (Wildman–Crippen LogP) is 3.69. The Morgan fingerprint density at radius 1 is 1.00 bits per heavy atom. The Morgan fingerprint density at radius 2 is 1.58 bits per heavy atom. The van der Waals surface area contributed by atoms with Crippen molar-refractivity contribution >= 4 is 20.8 Å². The van der Waals surface area contributed by atoms with Gasteiger partial charge in [0.15, 0.2) is 0 Å². The molecule has 1 rings (SSSR count). The molecule has 6 nitrogen and oxygen atoms in total. The molecule has 0 radical (unpaired) electrons. The first-order valence-electron chi connectivity index (χ1n) is 8.99. The fraction of sp³-hybridized carbons (Fsp3) is 0.526.